The van der Waals surface area contributed by atoms with Crippen LogP contribution < -0.4 is 17.2 Å². The summed E-state index contributed by atoms with van der Waals surface area (Å²) in [6.07, 6.45) is 0. The Labute approximate surface area is 71.0 Å². The first-order valence-corrected chi connectivity index (χ1v) is 3.64. The Bertz CT molecular complexity index is 129. The molecular formula is C6H17N3O3. The minimum atomic E-state index is -1.33. The molecule has 0 saturated heterocycles. The van der Waals surface area contributed by atoms with Crippen molar-refractivity contribution < 1.29 is 15.3 Å². The normalized spacial score (nSPS) is 17.5. The molecule has 0 aromatic carbocycles. The highest BCUT2D eigenvalue weighted by Gasteiger charge is 2.34. The minimum Gasteiger partial charge on any atom is -0.395 e. The predicted octanol–water partition coefficient (Wildman–Crippen LogP) is -3.68. The van der Waals surface area contributed by atoms with Gasteiger partial charge in [-0.2, -0.15) is 0 Å². The monoisotopic (exact) mass is 179 g/mol. The Kier molecular flexibility index (Phi) is 4.61. The van der Waals surface area contributed by atoms with E-state index in [0.717, 1.165) is 0 Å². The van der Waals surface area contributed by atoms with E-state index < -0.39 is 30.8 Å². The quantitative estimate of drug-likeness (QED) is 0.257. The van der Waals surface area contributed by atoms with Crippen LogP contribution in [0.15, 0.2) is 0 Å². The number of nitrogens with two attached hydrogens (primary N) is 3. The molecule has 0 saturated carbocycles. The zero-order valence-electron chi connectivity index (χ0n) is 6.85. The summed E-state index contributed by atoms with van der Waals surface area (Å²) in [5.41, 5.74) is 15.0. The molecule has 74 valence electrons. The zero-order valence-corrected chi connectivity index (χ0v) is 6.85. The van der Waals surface area contributed by atoms with Crippen LogP contribution in [0.5, 0.6) is 0 Å². The highest BCUT2D eigenvalue weighted by Crippen LogP contribution is 2.05. The molecule has 0 bridgehead atoms. The van der Waals surface area contributed by atoms with E-state index in [1.807, 2.05) is 0 Å². The molecule has 6 heteroatoms. The first kappa shape index (κ1) is 11.8. The van der Waals surface area contributed by atoms with Crippen LogP contribution in [0.2, 0.25) is 0 Å². The fraction of sp³-hybridized carbons (Fsp3) is 1.00. The Morgan fingerprint density at radius 2 is 1.50 bits per heavy atom. The van der Waals surface area contributed by atoms with Crippen molar-refractivity contribution in [3.8, 4) is 0 Å². The summed E-state index contributed by atoms with van der Waals surface area (Å²) in [6, 6.07) is -1.58. The van der Waals surface area contributed by atoms with Crippen molar-refractivity contribution >= 4 is 0 Å². The maximum absolute atomic E-state index is 8.80. The Balaban J connectivity index is 4.29. The zero-order chi connectivity index (χ0) is 9.78. The average molecular weight is 179 g/mol. The first-order valence-electron chi connectivity index (χ1n) is 3.64. The third-order valence-electron chi connectivity index (χ3n) is 1.92. The van der Waals surface area contributed by atoms with Gasteiger partial charge >= 0.3 is 0 Å². The van der Waals surface area contributed by atoms with Gasteiger partial charge in [0.2, 0.25) is 0 Å². The number of rotatable bonds is 5. The lowest BCUT2D eigenvalue weighted by Crippen LogP contribution is -2.67. The summed E-state index contributed by atoms with van der Waals surface area (Å²) in [7, 11) is 0. The van der Waals surface area contributed by atoms with Crippen molar-refractivity contribution in [2.24, 2.45) is 17.2 Å². The van der Waals surface area contributed by atoms with E-state index in [-0.39, 0.29) is 6.61 Å². The lowest BCUT2D eigenvalue weighted by Gasteiger charge is -2.34. The van der Waals surface area contributed by atoms with Crippen molar-refractivity contribution in [2.45, 2.75) is 17.6 Å². The molecule has 0 spiro atoms. The molecule has 0 amide bonds. The number of hydrogen-bond acceptors (Lipinski definition) is 6. The Morgan fingerprint density at radius 1 is 1.08 bits per heavy atom. The smallest absolute Gasteiger partial charge is 0.0792 e. The van der Waals surface area contributed by atoms with Gasteiger partial charge in [0.1, 0.15) is 0 Å². The van der Waals surface area contributed by atoms with E-state index in [2.05, 4.69) is 0 Å². The lowest BCUT2D eigenvalue weighted by atomic mass is 9.89. The van der Waals surface area contributed by atoms with Crippen LogP contribution in [0.1, 0.15) is 0 Å². The van der Waals surface area contributed by atoms with Gasteiger partial charge in [-0.15, -0.1) is 0 Å². The van der Waals surface area contributed by atoms with Gasteiger partial charge in [-0.25, -0.2) is 0 Å². The maximum atomic E-state index is 8.80. The molecular weight excluding hydrogens is 162 g/mol. The van der Waals surface area contributed by atoms with Crippen LogP contribution in [0.4, 0.5) is 0 Å². The van der Waals surface area contributed by atoms with E-state index in [9.17, 15) is 0 Å². The highest BCUT2D eigenvalue weighted by molar-refractivity contribution is 4.98. The molecule has 9 N–H and O–H groups in total. The molecule has 0 rings (SSSR count). The SMILES string of the molecule is NC(CO)C(N)C(N)(CO)CO. The Hall–Kier alpha value is -0.240. The molecule has 0 aliphatic rings. The van der Waals surface area contributed by atoms with E-state index in [0.29, 0.717) is 0 Å². The van der Waals surface area contributed by atoms with Crippen LogP contribution in [0.3, 0.4) is 0 Å². The largest absolute Gasteiger partial charge is 0.395 e. The van der Waals surface area contributed by atoms with E-state index in [1.54, 1.807) is 0 Å². The van der Waals surface area contributed by atoms with Crippen molar-refractivity contribution in [2.75, 3.05) is 19.8 Å². The van der Waals surface area contributed by atoms with Gasteiger partial charge in [0.15, 0.2) is 0 Å². The van der Waals surface area contributed by atoms with Crippen LogP contribution in [-0.2, 0) is 0 Å². The van der Waals surface area contributed by atoms with Crippen LogP contribution in [0.25, 0.3) is 0 Å². The summed E-state index contributed by atoms with van der Waals surface area (Å²) >= 11 is 0. The molecule has 0 radical (unpaired) electrons. The van der Waals surface area contributed by atoms with Crippen molar-refractivity contribution in [1.82, 2.24) is 0 Å². The van der Waals surface area contributed by atoms with Gasteiger partial charge in [0, 0.05) is 12.1 Å². The van der Waals surface area contributed by atoms with Crippen molar-refractivity contribution in [3.63, 3.8) is 0 Å². The number of aliphatic hydroxyl groups excluding tert-OH is 3. The summed E-state index contributed by atoms with van der Waals surface area (Å²) in [5, 5.41) is 26.2. The fourth-order valence-corrected chi connectivity index (χ4v) is 0.801. The van der Waals surface area contributed by atoms with Gasteiger partial charge in [0.05, 0.1) is 25.4 Å². The van der Waals surface area contributed by atoms with Gasteiger partial charge < -0.3 is 32.5 Å². The highest BCUT2D eigenvalue weighted by atomic mass is 16.3. The molecule has 2 atom stereocenters. The van der Waals surface area contributed by atoms with Crippen LogP contribution in [-0.4, -0.2) is 52.8 Å². The molecule has 0 fully saturated rings. The van der Waals surface area contributed by atoms with Gasteiger partial charge in [-0.3, -0.25) is 0 Å². The molecule has 12 heavy (non-hydrogen) atoms. The van der Waals surface area contributed by atoms with Crippen molar-refractivity contribution in [1.29, 1.82) is 0 Å². The van der Waals surface area contributed by atoms with E-state index >= 15 is 0 Å². The predicted molar refractivity (Wildman–Crippen MR) is 44.1 cm³/mol. The second kappa shape index (κ2) is 4.70. The molecule has 2 unspecified atom stereocenters. The third-order valence-corrected chi connectivity index (χ3v) is 1.92. The van der Waals surface area contributed by atoms with Gasteiger partial charge in [-0.1, -0.05) is 0 Å². The molecule has 0 heterocycles. The minimum absolute atomic E-state index is 0.333. The number of aliphatic hydroxyl groups is 3. The summed E-state index contributed by atoms with van der Waals surface area (Å²) in [6.45, 7) is -1.28. The average Bonchev–Trinajstić information content (AvgIpc) is 2.14. The molecule has 0 aliphatic heterocycles. The van der Waals surface area contributed by atoms with Crippen LogP contribution >= 0.6 is 0 Å². The van der Waals surface area contributed by atoms with E-state index in [1.165, 1.54) is 0 Å². The Morgan fingerprint density at radius 3 is 1.75 bits per heavy atom. The third kappa shape index (κ3) is 2.37. The van der Waals surface area contributed by atoms with Crippen LogP contribution in [0, 0.1) is 0 Å². The molecule has 0 aromatic heterocycles. The first-order chi connectivity index (χ1) is 5.51. The molecule has 0 aromatic rings. The van der Waals surface area contributed by atoms with Gasteiger partial charge in [0.25, 0.3) is 0 Å². The van der Waals surface area contributed by atoms with Crippen molar-refractivity contribution in [3.05, 3.63) is 0 Å². The second-order valence-corrected chi connectivity index (χ2v) is 2.92. The van der Waals surface area contributed by atoms with Gasteiger partial charge in [-0.05, 0) is 0 Å². The maximum Gasteiger partial charge on any atom is 0.0792 e. The lowest BCUT2D eigenvalue weighted by molar-refractivity contribution is 0.0846. The second-order valence-electron chi connectivity index (χ2n) is 2.92. The molecule has 6 nitrogen and oxygen atoms in total. The standard InChI is InChI=1S/C6H17N3O3/c7-4(1-10)5(8)6(9,2-11)3-12/h4-5,10-12H,1-3,7-9H2. The summed E-state index contributed by atoms with van der Waals surface area (Å²) in [5.74, 6) is 0. The number of hydrogen-bond donors (Lipinski definition) is 6. The van der Waals surface area contributed by atoms with E-state index in [4.69, 9.17) is 32.5 Å². The summed E-state index contributed by atoms with van der Waals surface area (Å²) in [4.78, 5) is 0. The summed E-state index contributed by atoms with van der Waals surface area (Å²) < 4.78 is 0. The molecule has 0 aliphatic carbocycles. The fourth-order valence-electron chi connectivity index (χ4n) is 0.801. The topological polar surface area (TPSA) is 139 Å².